The highest BCUT2D eigenvalue weighted by Gasteiger charge is 2.26. The third-order valence-electron chi connectivity index (χ3n) is 1.93. The highest BCUT2D eigenvalue weighted by molar-refractivity contribution is 6.28. The van der Waals surface area contributed by atoms with E-state index in [1.807, 2.05) is 13.8 Å². The van der Waals surface area contributed by atoms with Gasteiger partial charge in [0.1, 0.15) is 11.6 Å². The van der Waals surface area contributed by atoms with Gasteiger partial charge in [-0.3, -0.25) is 4.79 Å². The van der Waals surface area contributed by atoms with E-state index in [0.29, 0.717) is 6.42 Å². The molecular weight excluding hydrogens is 234 g/mol. The molecule has 102 valence electrons. The van der Waals surface area contributed by atoms with Crippen molar-refractivity contribution in [3.8, 4) is 0 Å². The number of Topliss-reactive ketones (excluding diaryl/α,β-unsaturated/α-hetero) is 1. The van der Waals surface area contributed by atoms with Gasteiger partial charge in [0.25, 0.3) is 5.78 Å². The second-order valence-electron chi connectivity index (χ2n) is 5.49. The SMILES string of the molecule is CC(C)CC(NC(=O)OC(C)(C)C)C(=O)C=[N+]=N. The summed E-state index contributed by atoms with van der Waals surface area (Å²) in [6.07, 6.45) is 0.731. The molecule has 2 N–H and O–H groups in total. The fourth-order valence-corrected chi connectivity index (χ4v) is 1.32. The molecule has 0 heterocycles. The zero-order chi connectivity index (χ0) is 14.3. The van der Waals surface area contributed by atoms with Gasteiger partial charge in [0.15, 0.2) is 0 Å². The van der Waals surface area contributed by atoms with Gasteiger partial charge in [-0.05, 0) is 33.1 Å². The molecule has 0 saturated heterocycles. The molecule has 6 nitrogen and oxygen atoms in total. The monoisotopic (exact) mass is 256 g/mol. The summed E-state index contributed by atoms with van der Waals surface area (Å²) in [4.78, 5) is 26.2. The summed E-state index contributed by atoms with van der Waals surface area (Å²) < 4.78 is 5.08. The number of hydrogen-bond donors (Lipinski definition) is 2. The highest BCUT2D eigenvalue weighted by Crippen LogP contribution is 2.09. The molecule has 0 aromatic heterocycles. The number of hydrogen-bond acceptors (Lipinski definition) is 4. The van der Waals surface area contributed by atoms with Gasteiger partial charge in [-0.25, -0.2) is 4.79 Å². The molecule has 0 fully saturated rings. The highest BCUT2D eigenvalue weighted by atomic mass is 16.6. The summed E-state index contributed by atoms with van der Waals surface area (Å²) >= 11 is 0. The maximum Gasteiger partial charge on any atom is 0.408 e. The van der Waals surface area contributed by atoms with Gasteiger partial charge in [0.05, 0.1) is 10.3 Å². The van der Waals surface area contributed by atoms with Gasteiger partial charge in [0, 0.05) is 0 Å². The second-order valence-corrected chi connectivity index (χ2v) is 5.49. The van der Waals surface area contributed by atoms with Crippen molar-refractivity contribution < 1.29 is 19.1 Å². The van der Waals surface area contributed by atoms with E-state index in [-0.39, 0.29) is 5.92 Å². The quantitative estimate of drug-likeness (QED) is 0.446. The molecule has 0 aliphatic carbocycles. The van der Waals surface area contributed by atoms with E-state index in [1.54, 1.807) is 20.8 Å². The lowest BCUT2D eigenvalue weighted by atomic mass is 10.0. The number of nitrogens with zero attached hydrogens (tertiary/aromatic N) is 1. The van der Waals surface area contributed by atoms with Crippen LogP contribution in [0.15, 0.2) is 0 Å². The Bertz CT molecular complexity index is 352. The van der Waals surface area contributed by atoms with Crippen molar-refractivity contribution in [1.82, 2.24) is 5.32 Å². The molecular formula is C12H22N3O3+. The molecule has 0 aliphatic heterocycles. The fourth-order valence-electron chi connectivity index (χ4n) is 1.32. The maximum absolute atomic E-state index is 11.6. The van der Waals surface area contributed by atoms with Gasteiger partial charge in [0.2, 0.25) is 0 Å². The zero-order valence-corrected chi connectivity index (χ0v) is 11.6. The van der Waals surface area contributed by atoms with E-state index in [2.05, 4.69) is 10.1 Å². The molecule has 1 atom stereocenters. The molecule has 1 amide bonds. The van der Waals surface area contributed by atoms with Crippen LogP contribution in [0.2, 0.25) is 0 Å². The first kappa shape index (κ1) is 16.3. The van der Waals surface area contributed by atoms with Crippen LogP contribution in [-0.4, -0.2) is 34.5 Å². The summed E-state index contributed by atoms with van der Waals surface area (Å²) in [6, 6.07) is -0.700. The molecule has 0 aromatic carbocycles. The number of alkyl carbamates (subject to hydrolysis) is 1. The second kappa shape index (κ2) is 6.91. The van der Waals surface area contributed by atoms with Gasteiger partial charge in [-0.15, -0.1) is 0 Å². The van der Waals surface area contributed by atoms with Crippen LogP contribution in [0.25, 0.3) is 0 Å². The summed E-state index contributed by atoms with van der Waals surface area (Å²) in [5.74, 6) is -0.169. The molecule has 0 spiro atoms. The van der Waals surface area contributed by atoms with Crippen molar-refractivity contribution in [3.05, 3.63) is 0 Å². The number of ether oxygens (including phenoxy) is 1. The third kappa shape index (κ3) is 7.57. The first-order valence-electron chi connectivity index (χ1n) is 5.89. The van der Waals surface area contributed by atoms with Gasteiger partial charge in [-0.1, -0.05) is 13.8 Å². The van der Waals surface area contributed by atoms with Crippen LogP contribution < -0.4 is 5.32 Å². The Balaban J connectivity index is 4.64. The van der Waals surface area contributed by atoms with Gasteiger partial charge >= 0.3 is 12.3 Å². The molecule has 0 saturated carbocycles. The van der Waals surface area contributed by atoms with Crippen molar-refractivity contribution in [3.63, 3.8) is 0 Å². The number of carbonyl (C=O) groups excluding carboxylic acids is 2. The summed E-state index contributed by atoms with van der Waals surface area (Å²) in [6.45, 7) is 9.12. The summed E-state index contributed by atoms with van der Waals surface area (Å²) in [5, 5.41) is 2.50. The van der Waals surface area contributed by atoms with Crippen molar-refractivity contribution in [2.45, 2.75) is 52.7 Å². The Morgan fingerprint density at radius 3 is 2.33 bits per heavy atom. The van der Waals surface area contributed by atoms with Crippen LogP contribution in [0.3, 0.4) is 0 Å². The molecule has 0 aromatic rings. The Kier molecular flexibility index (Phi) is 6.27. The Hall–Kier alpha value is -1.68. The zero-order valence-electron chi connectivity index (χ0n) is 11.6. The van der Waals surface area contributed by atoms with Crippen LogP contribution in [0, 0.1) is 11.4 Å². The number of rotatable bonds is 5. The largest absolute Gasteiger partial charge is 0.444 e. The van der Waals surface area contributed by atoms with E-state index in [1.165, 1.54) is 0 Å². The number of nitrogens with one attached hydrogen (secondary N) is 2. The minimum absolute atomic E-state index is 0.230. The molecule has 0 rings (SSSR count). The van der Waals surface area contributed by atoms with Crippen molar-refractivity contribution in [2.24, 2.45) is 5.92 Å². The van der Waals surface area contributed by atoms with E-state index in [9.17, 15) is 9.59 Å². The van der Waals surface area contributed by atoms with Crippen LogP contribution in [-0.2, 0) is 9.53 Å². The fraction of sp³-hybridized carbons (Fsp3) is 0.750. The topological polar surface area (TPSA) is 93.3 Å². The van der Waals surface area contributed by atoms with Crippen LogP contribution >= 0.6 is 0 Å². The average Bonchev–Trinajstić information content (AvgIpc) is 2.13. The molecule has 6 heteroatoms. The number of carbonyl (C=O) groups is 2. The minimum atomic E-state index is -0.700. The Morgan fingerprint density at radius 2 is 1.94 bits per heavy atom. The standard InChI is InChI=1S/C12H21N3O3/c1-8(2)6-9(10(16)7-14-13)15-11(17)18-12(3,4)5/h7-9,13H,6H2,1-5H3/p+1. The number of amides is 1. The first-order chi connectivity index (χ1) is 8.15. The number of ketones is 1. The normalized spacial score (nSPS) is 12.6. The molecule has 18 heavy (non-hydrogen) atoms. The maximum atomic E-state index is 11.6. The van der Waals surface area contributed by atoms with Crippen molar-refractivity contribution in [2.75, 3.05) is 0 Å². The lowest BCUT2D eigenvalue weighted by molar-refractivity contribution is -0.132. The van der Waals surface area contributed by atoms with E-state index >= 15 is 0 Å². The minimum Gasteiger partial charge on any atom is -0.444 e. The van der Waals surface area contributed by atoms with Gasteiger partial charge in [-0.2, -0.15) is 0 Å². The van der Waals surface area contributed by atoms with Crippen molar-refractivity contribution >= 4 is 18.1 Å². The smallest absolute Gasteiger partial charge is 0.408 e. The van der Waals surface area contributed by atoms with Crippen LogP contribution in [0.5, 0.6) is 0 Å². The Morgan fingerprint density at radius 1 is 1.39 bits per heavy atom. The van der Waals surface area contributed by atoms with Crippen LogP contribution in [0.1, 0.15) is 41.0 Å². The Labute approximate surface area is 107 Å². The lowest BCUT2D eigenvalue weighted by Gasteiger charge is -2.22. The van der Waals surface area contributed by atoms with E-state index < -0.39 is 23.5 Å². The molecule has 0 aliphatic rings. The van der Waals surface area contributed by atoms with E-state index in [4.69, 9.17) is 10.3 Å². The molecule has 0 bridgehead atoms. The third-order valence-corrected chi connectivity index (χ3v) is 1.93. The summed E-state index contributed by atoms with van der Waals surface area (Å²) in [5.41, 5.74) is 6.03. The van der Waals surface area contributed by atoms with E-state index in [0.717, 1.165) is 6.21 Å². The average molecular weight is 256 g/mol. The summed E-state index contributed by atoms with van der Waals surface area (Å²) in [7, 11) is 0. The lowest BCUT2D eigenvalue weighted by Crippen LogP contribution is -2.44. The predicted molar refractivity (Wildman–Crippen MR) is 66.7 cm³/mol. The molecule has 0 radical (unpaired) electrons. The predicted octanol–water partition coefficient (Wildman–Crippen LogP) is 1.80. The first-order valence-corrected chi connectivity index (χ1v) is 5.89. The van der Waals surface area contributed by atoms with Crippen LogP contribution in [0.4, 0.5) is 4.79 Å². The van der Waals surface area contributed by atoms with Crippen molar-refractivity contribution in [1.29, 1.82) is 5.53 Å². The molecule has 1 unspecified atom stereocenters. The van der Waals surface area contributed by atoms with Gasteiger partial charge < -0.3 is 10.1 Å².